The van der Waals surface area contributed by atoms with Crippen LogP contribution in [0.4, 0.5) is 14.6 Å². The minimum absolute atomic E-state index is 0.309. The van der Waals surface area contributed by atoms with E-state index in [-0.39, 0.29) is 0 Å². The van der Waals surface area contributed by atoms with E-state index < -0.39 is 11.6 Å². The highest BCUT2D eigenvalue weighted by Gasteiger charge is 2.25. The van der Waals surface area contributed by atoms with Crippen LogP contribution in [0.1, 0.15) is 5.56 Å². The molecule has 0 saturated heterocycles. The minimum Gasteiger partial charge on any atom is -0.497 e. The smallest absolute Gasteiger partial charge is 0.135 e. The third-order valence-electron chi connectivity index (χ3n) is 4.15. The molecule has 1 aliphatic rings. The standard InChI is InChI=1S/C18H15F2N3O/c1-24-13-5-3-12(4-6-13)23-18-15(8-9-21-18)17(22-23)14-7-2-11(19)10-16(14)20/h2-7,10,21H,8-9H2,1H3. The molecule has 1 N–H and O–H groups in total. The van der Waals surface area contributed by atoms with E-state index in [0.29, 0.717) is 11.3 Å². The van der Waals surface area contributed by atoms with E-state index in [1.165, 1.54) is 12.1 Å². The molecule has 24 heavy (non-hydrogen) atoms. The highest BCUT2D eigenvalue weighted by atomic mass is 19.1. The number of aromatic nitrogens is 2. The zero-order chi connectivity index (χ0) is 16.7. The van der Waals surface area contributed by atoms with Gasteiger partial charge in [0.25, 0.3) is 0 Å². The summed E-state index contributed by atoms with van der Waals surface area (Å²) >= 11 is 0. The highest BCUT2D eigenvalue weighted by Crippen LogP contribution is 2.35. The third kappa shape index (κ3) is 2.31. The fourth-order valence-corrected chi connectivity index (χ4v) is 2.98. The summed E-state index contributed by atoms with van der Waals surface area (Å²) in [4.78, 5) is 0. The molecule has 4 nitrogen and oxygen atoms in total. The van der Waals surface area contributed by atoms with Crippen LogP contribution in [0.5, 0.6) is 5.75 Å². The van der Waals surface area contributed by atoms with Crippen molar-refractivity contribution in [3.63, 3.8) is 0 Å². The van der Waals surface area contributed by atoms with Crippen molar-refractivity contribution in [3.05, 3.63) is 59.7 Å². The molecule has 2 heterocycles. The summed E-state index contributed by atoms with van der Waals surface area (Å²) < 4.78 is 34.3. The second-order valence-electron chi connectivity index (χ2n) is 5.59. The molecule has 0 fully saturated rings. The lowest BCUT2D eigenvalue weighted by atomic mass is 10.1. The number of rotatable bonds is 3. The normalized spacial score (nSPS) is 12.8. The van der Waals surface area contributed by atoms with E-state index in [2.05, 4.69) is 10.4 Å². The van der Waals surface area contributed by atoms with Gasteiger partial charge in [0.15, 0.2) is 0 Å². The first-order valence-corrected chi connectivity index (χ1v) is 7.63. The second kappa shape index (κ2) is 5.63. The van der Waals surface area contributed by atoms with Gasteiger partial charge in [-0.15, -0.1) is 0 Å². The van der Waals surface area contributed by atoms with Crippen LogP contribution in [-0.4, -0.2) is 23.4 Å². The quantitative estimate of drug-likeness (QED) is 0.795. The molecular weight excluding hydrogens is 312 g/mol. The Labute approximate surface area is 137 Å². The highest BCUT2D eigenvalue weighted by molar-refractivity contribution is 5.73. The van der Waals surface area contributed by atoms with Gasteiger partial charge in [0.2, 0.25) is 0 Å². The molecule has 0 amide bonds. The fourth-order valence-electron chi connectivity index (χ4n) is 2.98. The number of anilines is 1. The van der Waals surface area contributed by atoms with Crippen LogP contribution in [0.2, 0.25) is 0 Å². The first-order valence-electron chi connectivity index (χ1n) is 7.63. The molecule has 1 aliphatic heterocycles. The lowest BCUT2D eigenvalue weighted by Gasteiger charge is -2.07. The number of fused-ring (bicyclic) bond motifs is 1. The Hall–Kier alpha value is -2.89. The van der Waals surface area contributed by atoms with Gasteiger partial charge < -0.3 is 10.1 Å². The van der Waals surface area contributed by atoms with Crippen LogP contribution in [0.3, 0.4) is 0 Å². The van der Waals surface area contributed by atoms with Crippen molar-refractivity contribution >= 4 is 5.82 Å². The molecule has 0 spiro atoms. The summed E-state index contributed by atoms with van der Waals surface area (Å²) in [6, 6.07) is 11.0. The third-order valence-corrected chi connectivity index (χ3v) is 4.15. The number of hydrogen-bond donors (Lipinski definition) is 1. The average molecular weight is 327 g/mol. The van der Waals surface area contributed by atoms with Crippen LogP contribution in [0.15, 0.2) is 42.5 Å². The molecule has 0 bridgehead atoms. The lowest BCUT2D eigenvalue weighted by Crippen LogP contribution is -2.04. The van der Waals surface area contributed by atoms with E-state index in [4.69, 9.17) is 4.74 Å². The summed E-state index contributed by atoms with van der Waals surface area (Å²) in [7, 11) is 1.61. The Morgan fingerprint density at radius 1 is 1.12 bits per heavy atom. The lowest BCUT2D eigenvalue weighted by molar-refractivity contribution is 0.414. The molecule has 0 atom stereocenters. The molecule has 4 rings (SSSR count). The van der Waals surface area contributed by atoms with Crippen molar-refractivity contribution in [2.24, 2.45) is 0 Å². The van der Waals surface area contributed by atoms with E-state index in [9.17, 15) is 8.78 Å². The van der Waals surface area contributed by atoms with Crippen LogP contribution in [0.25, 0.3) is 16.9 Å². The number of halogens is 2. The molecule has 2 aromatic carbocycles. The van der Waals surface area contributed by atoms with Crippen LogP contribution >= 0.6 is 0 Å². The van der Waals surface area contributed by atoms with Gasteiger partial charge in [-0.2, -0.15) is 5.10 Å². The van der Waals surface area contributed by atoms with E-state index in [1.807, 2.05) is 24.3 Å². The zero-order valence-electron chi connectivity index (χ0n) is 13.0. The Bertz CT molecular complexity index is 903. The van der Waals surface area contributed by atoms with Crippen LogP contribution < -0.4 is 10.1 Å². The van der Waals surface area contributed by atoms with Crippen molar-refractivity contribution in [2.75, 3.05) is 19.0 Å². The van der Waals surface area contributed by atoms with Crippen molar-refractivity contribution in [3.8, 4) is 22.7 Å². The molecular formula is C18H15F2N3O. The summed E-state index contributed by atoms with van der Waals surface area (Å²) in [6.07, 6.45) is 0.748. The number of benzene rings is 2. The molecule has 0 aliphatic carbocycles. The van der Waals surface area contributed by atoms with E-state index >= 15 is 0 Å². The first kappa shape index (κ1) is 14.7. The molecule has 3 aromatic rings. The molecule has 6 heteroatoms. The molecule has 0 unspecified atom stereocenters. The summed E-state index contributed by atoms with van der Waals surface area (Å²) in [5.41, 5.74) is 2.64. The van der Waals surface area contributed by atoms with Gasteiger partial charge in [0.05, 0.1) is 12.8 Å². The Balaban J connectivity index is 1.85. The number of nitrogens with one attached hydrogen (secondary N) is 1. The molecule has 0 saturated carbocycles. The van der Waals surface area contributed by atoms with Gasteiger partial charge >= 0.3 is 0 Å². The Kier molecular flexibility index (Phi) is 3.45. The number of nitrogens with zero attached hydrogens (tertiary/aromatic N) is 2. The topological polar surface area (TPSA) is 39.1 Å². The Morgan fingerprint density at radius 3 is 2.62 bits per heavy atom. The van der Waals surface area contributed by atoms with Gasteiger partial charge in [-0.1, -0.05) is 0 Å². The maximum atomic E-state index is 14.2. The van der Waals surface area contributed by atoms with Gasteiger partial charge in [0.1, 0.15) is 28.9 Å². The number of ether oxygens (including phenoxy) is 1. The number of hydrogen-bond acceptors (Lipinski definition) is 3. The van der Waals surface area contributed by atoms with Gasteiger partial charge in [-0.3, -0.25) is 0 Å². The maximum Gasteiger partial charge on any atom is 0.135 e. The largest absolute Gasteiger partial charge is 0.497 e. The van der Waals surface area contributed by atoms with Gasteiger partial charge in [-0.05, 0) is 42.8 Å². The minimum atomic E-state index is -0.607. The van der Waals surface area contributed by atoms with E-state index in [1.54, 1.807) is 11.8 Å². The predicted molar refractivity (Wildman–Crippen MR) is 87.7 cm³/mol. The monoisotopic (exact) mass is 327 g/mol. The Morgan fingerprint density at radius 2 is 1.92 bits per heavy atom. The summed E-state index contributed by atoms with van der Waals surface area (Å²) in [5.74, 6) is 0.392. The van der Waals surface area contributed by atoms with Gasteiger partial charge in [-0.25, -0.2) is 13.5 Å². The average Bonchev–Trinajstić information content (AvgIpc) is 3.18. The fraction of sp³-hybridized carbons (Fsp3) is 0.167. The summed E-state index contributed by atoms with van der Waals surface area (Å²) in [6.45, 7) is 0.763. The van der Waals surface area contributed by atoms with Crippen molar-refractivity contribution in [1.82, 2.24) is 9.78 Å². The zero-order valence-corrected chi connectivity index (χ0v) is 13.0. The predicted octanol–water partition coefficient (Wildman–Crippen LogP) is 3.79. The van der Waals surface area contributed by atoms with E-state index in [0.717, 1.165) is 41.9 Å². The van der Waals surface area contributed by atoms with Crippen molar-refractivity contribution in [1.29, 1.82) is 0 Å². The molecule has 1 aromatic heterocycles. The van der Waals surface area contributed by atoms with Gasteiger partial charge in [0, 0.05) is 23.7 Å². The first-order chi connectivity index (χ1) is 11.7. The van der Waals surface area contributed by atoms with Crippen LogP contribution in [-0.2, 0) is 6.42 Å². The molecule has 0 radical (unpaired) electrons. The second-order valence-corrected chi connectivity index (χ2v) is 5.59. The molecule has 122 valence electrons. The van der Waals surface area contributed by atoms with Crippen molar-refractivity contribution < 1.29 is 13.5 Å². The number of methoxy groups -OCH3 is 1. The van der Waals surface area contributed by atoms with Crippen LogP contribution in [0, 0.1) is 11.6 Å². The SMILES string of the molecule is COc1ccc(-n2nc(-c3ccc(F)cc3F)c3c2NCC3)cc1. The van der Waals surface area contributed by atoms with Crippen molar-refractivity contribution in [2.45, 2.75) is 6.42 Å². The maximum absolute atomic E-state index is 14.2. The summed E-state index contributed by atoms with van der Waals surface area (Å²) in [5, 5.41) is 7.86.